The molecule has 0 bridgehead atoms. The van der Waals surface area contributed by atoms with E-state index in [0.29, 0.717) is 0 Å². The molecule has 4 rings (SSSR count). The van der Waals surface area contributed by atoms with Gasteiger partial charge in [0.1, 0.15) is 0 Å². The number of benzene rings is 1. The third-order valence-corrected chi connectivity index (χ3v) is 5.21. The maximum Gasteiger partial charge on any atom is 0.0526 e. The van der Waals surface area contributed by atoms with Crippen molar-refractivity contribution >= 4 is 17.0 Å². The maximum absolute atomic E-state index is 3.66. The van der Waals surface area contributed by atoms with E-state index in [9.17, 15) is 0 Å². The Labute approximate surface area is 130 Å². The molecule has 0 saturated heterocycles. The lowest BCUT2D eigenvalue weighted by Gasteiger charge is -2.27. The van der Waals surface area contributed by atoms with Crippen LogP contribution in [0, 0.1) is 0 Å². The summed E-state index contributed by atoms with van der Waals surface area (Å²) < 4.78 is 0. The van der Waals surface area contributed by atoms with Crippen LogP contribution in [0.3, 0.4) is 0 Å². The third kappa shape index (κ3) is 3.30. The molecule has 2 aliphatic carbocycles. The average Bonchev–Trinajstić information content (AvgIpc) is 3.44. The SMILES string of the molecule is c1csc(CN(c2ccccc2CNC2CC2)C2CC2)c1. The summed E-state index contributed by atoms with van der Waals surface area (Å²) in [6.07, 6.45) is 5.39. The third-order valence-electron chi connectivity index (χ3n) is 4.35. The summed E-state index contributed by atoms with van der Waals surface area (Å²) in [4.78, 5) is 4.09. The van der Waals surface area contributed by atoms with Crippen molar-refractivity contribution in [2.45, 2.75) is 50.9 Å². The van der Waals surface area contributed by atoms with Gasteiger partial charge in [-0.1, -0.05) is 24.3 Å². The number of thiophene rings is 1. The molecule has 0 aliphatic heterocycles. The van der Waals surface area contributed by atoms with E-state index in [1.165, 1.54) is 41.8 Å². The van der Waals surface area contributed by atoms with E-state index in [4.69, 9.17) is 0 Å². The zero-order chi connectivity index (χ0) is 14.1. The number of rotatable bonds is 7. The summed E-state index contributed by atoms with van der Waals surface area (Å²) in [6, 6.07) is 14.9. The van der Waals surface area contributed by atoms with Gasteiger partial charge in [-0.15, -0.1) is 11.3 Å². The highest BCUT2D eigenvalue weighted by atomic mass is 32.1. The molecular weight excluding hydrogens is 276 g/mol. The molecule has 110 valence electrons. The van der Waals surface area contributed by atoms with E-state index in [-0.39, 0.29) is 0 Å². The number of nitrogens with one attached hydrogen (secondary N) is 1. The minimum atomic E-state index is 0.745. The van der Waals surface area contributed by atoms with Crippen LogP contribution < -0.4 is 10.2 Å². The van der Waals surface area contributed by atoms with Crippen molar-refractivity contribution in [2.24, 2.45) is 0 Å². The van der Waals surface area contributed by atoms with Gasteiger partial charge >= 0.3 is 0 Å². The minimum Gasteiger partial charge on any atom is -0.363 e. The molecule has 2 aromatic rings. The van der Waals surface area contributed by atoms with Crippen LogP contribution in [0.15, 0.2) is 41.8 Å². The summed E-state index contributed by atoms with van der Waals surface area (Å²) in [5.41, 5.74) is 2.88. The lowest BCUT2D eigenvalue weighted by Crippen LogP contribution is -2.27. The second kappa shape index (κ2) is 5.82. The Morgan fingerprint density at radius 3 is 2.62 bits per heavy atom. The molecule has 0 radical (unpaired) electrons. The highest BCUT2D eigenvalue weighted by Gasteiger charge is 2.30. The molecule has 1 heterocycles. The molecule has 0 unspecified atom stereocenters. The molecule has 21 heavy (non-hydrogen) atoms. The van der Waals surface area contributed by atoms with Crippen LogP contribution in [-0.4, -0.2) is 12.1 Å². The molecule has 2 aliphatic rings. The summed E-state index contributed by atoms with van der Waals surface area (Å²) >= 11 is 1.87. The fourth-order valence-electron chi connectivity index (χ4n) is 2.85. The van der Waals surface area contributed by atoms with Gasteiger partial charge in [0.15, 0.2) is 0 Å². The monoisotopic (exact) mass is 298 g/mol. The second-order valence-corrected chi connectivity index (χ2v) is 7.25. The molecule has 1 aromatic carbocycles. The van der Waals surface area contributed by atoms with Gasteiger partial charge in [0.25, 0.3) is 0 Å². The molecule has 3 heteroatoms. The molecule has 2 fully saturated rings. The normalized spacial score (nSPS) is 17.9. The van der Waals surface area contributed by atoms with E-state index in [1.54, 1.807) is 0 Å². The number of hydrogen-bond donors (Lipinski definition) is 1. The van der Waals surface area contributed by atoms with Gasteiger partial charge in [-0.2, -0.15) is 0 Å². The topological polar surface area (TPSA) is 15.3 Å². The first-order chi connectivity index (χ1) is 10.4. The Balaban J connectivity index is 1.56. The van der Waals surface area contributed by atoms with Crippen LogP contribution in [0.4, 0.5) is 5.69 Å². The molecule has 1 aromatic heterocycles. The van der Waals surface area contributed by atoms with Crippen molar-refractivity contribution in [1.29, 1.82) is 0 Å². The van der Waals surface area contributed by atoms with Crippen LogP contribution in [0.2, 0.25) is 0 Å². The Morgan fingerprint density at radius 2 is 1.90 bits per heavy atom. The summed E-state index contributed by atoms with van der Waals surface area (Å²) in [6.45, 7) is 2.07. The largest absolute Gasteiger partial charge is 0.363 e. The van der Waals surface area contributed by atoms with Crippen molar-refractivity contribution in [3.8, 4) is 0 Å². The van der Waals surface area contributed by atoms with Crippen molar-refractivity contribution < 1.29 is 0 Å². The molecule has 0 amide bonds. The predicted octanol–water partition coefficient (Wildman–Crippen LogP) is 4.17. The number of hydrogen-bond acceptors (Lipinski definition) is 3. The highest BCUT2D eigenvalue weighted by molar-refractivity contribution is 7.09. The first kappa shape index (κ1) is 13.4. The van der Waals surface area contributed by atoms with Crippen LogP contribution in [-0.2, 0) is 13.1 Å². The van der Waals surface area contributed by atoms with Crippen LogP contribution in [0.5, 0.6) is 0 Å². The van der Waals surface area contributed by atoms with Gasteiger partial charge in [-0.25, -0.2) is 0 Å². The van der Waals surface area contributed by atoms with Crippen LogP contribution in [0.1, 0.15) is 36.1 Å². The smallest absolute Gasteiger partial charge is 0.0526 e. The van der Waals surface area contributed by atoms with Gasteiger partial charge in [0.05, 0.1) is 6.54 Å². The first-order valence-electron chi connectivity index (χ1n) is 8.00. The van der Waals surface area contributed by atoms with Gasteiger partial charge in [0, 0.05) is 29.2 Å². The fraction of sp³-hybridized carbons (Fsp3) is 0.444. The Hall–Kier alpha value is -1.32. The minimum absolute atomic E-state index is 0.745. The summed E-state index contributed by atoms with van der Waals surface area (Å²) in [5, 5.41) is 5.84. The molecule has 0 spiro atoms. The zero-order valence-corrected chi connectivity index (χ0v) is 13.1. The van der Waals surface area contributed by atoms with Crippen LogP contribution >= 0.6 is 11.3 Å². The maximum atomic E-state index is 3.66. The molecule has 2 saturated carbocycles. The van der Waals surface area contributed by atoms with Crippen molar-refractivity contribution in [3.05, 3.63) is 52.2 Å². The van der Waals surface area contributed by atoms with E-state index in [1.807, 2.05) is 11.3 Å². The Kier molecular flexibility index (Phi) is 3.70. The number of nitrogens with zero attached hydrogens (tertiary/aromatic N) is 1. The fourth-order valence-corrected chi connectivity index (χ4v) is 3.55. The average molecular weight is 298 g/mol. The second-order valence-electron chi connectivity index (χ2n) is 6.22. The van der Waals surface area contributed by atoms with Crippen molar-refractivity contribution in [3.63, 3.8) is 0 Å². The van der Waals surface area contributed by atoms with Gasteiger partial charge in [-0.05, 0) is 48.8 Å². The molecule has 0 atom stereocenters. The summed E-state index contributed by atoms with van der Waals surface area (Å²) in [7, 11) is 0. The van der Waals surface area contributed by atoms with Crippen molar-refractivity contribution in [2.75, 3.05) is 4.90 Å². The Morgan fingerprint density at radius 1 is 1.05 bits per heavy atom. The van der Waals surface area contributed by atoms with Gasteiger partial charge < -0.3 is 10.2 Å². The molecule has 1 N–H and O–H groups in total. The summed E-state index contributed by atoms with van der Waals surface area (Å²) in [5.74, 6) is 0. The van der Waals surface area contributed by atoms with E-state index < -0.39 is 0 Å². The highest BCUT2D eigenvalue weighted by Crippen LogP contribution is 2.35. The standard InChI is InChI=1S/C18H22N2S/c1-2-6-18(14(4-1)12-19-15-7-8-15)20(16-9-10-16)13-17-5-3-11-21-17/h1-6,11,15-16,19H,7-10,12-13H2. The predicted molar refractivity (Wildman–Crippen MR) is 89.8 cm³/mol. The number of para-hydroxylation sites is 1. The molecular formula is C18H22N2S. The lowest BCUT2D eigenvalue weighted by molar-refractivity contribution is 0.681. The first-order valence-corrected chi connectivity index (χ1v) is 8.88. The molecule has 2 nitrogen and oxygen atoms in total. The van der Waals surface area contributed by atoms with Crippen molar-refractivity contribution in [1.82, 2.24) is 5.32 Å². The van der Waals surface area contributed by atoms with E-state index in [0.717, 1.165) is 25.2 Å². The van der Waals surface area contributed by atoms with E-state index in [2.05, 4.69) is 52.0 Å². The zero-order valence-electron chi connectivity index (χ0n) is 12.3. The van der Waals surface area contributed by atoms with Gasteiger partial charge in [-0.3, -0.25) is 0 Å². The van der Waals surface area contributed by atoms with Gasteiger partial charge in [0.2, 0.25) is 0 Å². The number of anilines is 1. The Bertz CT molecular complexity index is 585. The lowest BCUT2D eigenvalue weighted by atomic mass is 10.1. The van der Waals surface area contributed by atoms with Crippen LogP contribution in [0.25, 0.3) is 0 Å². The quantitative estimate of drug-likeness (QED) is 0.825. The van der Waals surface area contributed by atoms with E-state index >= 15 is 0 Å².